The number of esters is 1. The molecule has 1 amide bonds. The standard InChI is InChI=1S/C26H36N2O4.C8H5N3/c1-24(2,3)26(7,25(4,5)6)23(30)32-17-16-31-21-14-8-18(9-15-21)22(29)28-20-12-10-19(27)11-13-20;9-4-6-1-2-8(11)3-7(6)5-10/h8-15H,16-17,27H2,1-7H3,(H,28,29);1-3H,11H2. The number of nitrogens with two attached hydrogens (primary N) is 2. The van der Waals surface area contributed by atoms with Gasteiger partial charge in [-0.25, -0.2) is 0 Å². The van der Waals surface area contributed by atoms with Crippen molar-refractivity contribution >= 4 is 28.9 Å². The van der Waals surface area contributed by atoms with Crippen molar-refractivity contribution in [3.05, 3.63) is 83.4 Å². The van der Waals surface area contributed by atoms with Crippen LogP contribution < -0.4 is 21.5 Å². The van der Waals surface area contributed by atoms with Crippen molar-refractivity contribution in [2.24, 2.45) is 16.2 Å². The average Bonchev–Trinajstić information content (AvgIpc) is 2.95. The van der Waals surface area contributed by atoms with Gasteiger partial charge in [-0.2, -0.15) is 10.5 Å². The van der Waals surface area contributed by atoms with E-state index in [1.165, 1.54) is 12.1 Å². The lowest BCUT2D eigenvalue weighted by Crippen LogP contribution is -2.51. The van der Waals surface area contributed by atoms with Crippen molar-refractivity contribution in [1.29, 1.82) is 10.5 Å². The summed E-state index contributed by atoms with van der Waals surface area (Å²) in [6.45, 7) is 14.7. The van der Waals surface area contributed by atoms with Crippen molar-refractivity contribution < 1.29 is 19.1 Å². The fourth-order valence-corrected chi connectivity index (χ4v) is 4.40. The number of nitrogen functional groups attached to an aromatic ring is 2. The summed E-state index contributed by atoms with van der Waals surface area (Å²) in [6.07, 6.45) is 0. The number of carbonyl (C=O) groups is 2. The van der Waals surface area contributed by atoms with Gasteiger partial charge in [-0.3, -0.25) is 9.59 Å². The SMILES string of the molecule is CC(C)(C)C(C)(C(=O)OCCOc1ccc(C(=O)Nc2ccc(N)cc2)cc1)C(C)(C)C.N#Cc1ccc(N)cc1C#N. The van der Waals surface area contributed by atoms with E-state index in [1.807, 2.05) is 19.1 Å². The Hall–Kier alpha value is -5.02. The van der Waals surface area contributed by atoms with Gasteiger partial charge in [0.25, 0.3) is 5.91 Å². The van der Waals surface area contributed by atoms with E-state index < -0.39 is 5.41 Å². The van der Waals surface area contributed by atoms with E-state index in [1.54, 1.807) is 54.6 Å². The summed E-state index contributed by atoms with van der Waals surface area (Å²) in [5.74, 6) is 0.147. The quantitative estimate of drug-likeness (QED) is 0.160. The number of anilines is 3. The Balaban J connectivity index is 0.000000490. The fraction of sp³-hybridized carbons (Fsp3) is 0.353. The normalized spacial score (nSPS) is 11.2. The van der Waals surface area contributed by atoms with E-state index in [0.717, 1.165) is 0 Å². The number of hydrogen-bond acceptors (Lipinski definition) is 8. The third-order valence-corrected chi connectivity index (χ3v) is 7.56. The highest BCUT2D eigenvalue weighted by Crippen LogP contribution is 2.52. The molecule has 43 heavy (non-hydrogen) atoms. The Morgan fingerprint density at radius 3 is 1.79 bits per heavy atom. The summed E-state index contributed by atoms with van der Waals surface area (Å²) in [6, 6.07) is 22.1. The van der Waals surface area contributed by atoms with E-state index in [-0.39, 0.29) is 35.9 Å². The van der Waals surface area contributed by atoms with Gasteiger partial charge >= 0.3 is 5.97 Å². The molecule has 3 aromatic rings. The van der Waals surface area contributed by atoms with Gasteiger partial charge in [-0.05, 0) is 84.5 Å². The Labute approximate surface area is 254 Å². The minimum atomic E-state index is -0.653. The molecule has 0 atom stereocenters. The second-order valence-corrected chi connectivity index (χ2v) is 12.2. The third-order valence-electron chi connectivity index (χ3n) is 7.56. The lowest BCUT2D eigenvalue weighted by atomic mass is 9.55. The van der Waals surface area contributed by atoms with Crippen LogP contribution in [0.5, 0.6) is 5.75 Å². The van der Waals surface area contributed by atoms with Gasteiger partial charge in [-0.15, -0.1) is 0 Å². The minimum absolute atomic E-state index is 0.153. The second-order valence-electron chi connectivity index (χ2n) is 12.2. The highest BCUT2D eigenvalue weighted by atomic mass is 16.6. The highest BCUT2D eigenvalue weighted by molar-refractivity contribution is 6.04. The van der Waals surface area contributed by atoms with Crippen LogP contribution in [0.25, 0.3) is 0 Å². The second kappa shape index (κ2) is 14.2. The van der Waals surface area contributed by atoms with Crippen LogP contribution in [-0.2, 0) is 9.53 Å². The Kier molecular flexibility index (Phi) is 11.3. The van der Waals surface area contributed by atoms with Crippen LogP contribution in [0, 0.1) is 38.9 Å². The van der Waals surface area contributed by atoms with Gasteiger partial charge in [0, 0.05) is 22.6 Å². The first-order valence-electron chi connectivity index (χ1n) is 13.8. The average molecular weight is 584 g/mol. The van der Waals surface area contributed by atoms with E-state index in [2.05, 4.69) is 46.9 Å². The maximum atomic E-state index is 12.9. The molecular weight excluding hydrogens is 542 g/mol. The summed E-state index contributed by atoms with van der Waals surface area (Å²) >= 11 is 0. The van der Waals surface area contributed by atoms with Crippen LogP contribution in [-0.4, -0.2) is 25.1 Å². The molecule has 0 aliphatic rings. The number of ether oxygens (including phenoxy) is 2. The molecule has 0 heterocycles. The first-order chi connectivity index (χ1) is 20.0. The van der Waals surface area contributed by atoms with E-state index in [4.69, 9.17) is 31.5 Å². The summed E-state index contributed by atoms with van der Waals surface area (Å²) in [7, 11) is 0. The van der Waals surface area contributed by atoms with Gasteiger partial charge in [0.05, 0.1) is 16.5 Å². The topological polar surface area (TPSA) is 164 Å². The molecule has 0 bridgehead atoms. The van der Waals surface area contributed by atoms with Crippen LogP contribution in [0.15, 0.2) is 66.7 Å². The number of amides is 1. The maximum absolute atomic E-state index is 12.9. The first-order valence-corrected chi connectivity index (χ1v) is 13.8. The smallest absolute Gasteiger partial charge is 0.312 e. The molecule has 5 N–H and O–H groups in total. The van der Waals surface area contributed by atoms with Crippen LogP contribution in [0.3, 0.4) is 0 Å². The highest BCUT2D eigenvalue weighted by Gasteiger charge is 2.53. The molecule has 0 unspecified atom stereocenters. The van der Waals surface area contributed by atoms with Gasteiger partial charge in [0.2, 0.25) is 0 Å². The van der Waals surface area contributed by atoms with Gasteiger partial charge < -0.3 is 26.3 Å². The monoisotopic (exact) mass is 583 g/mol. The molecule has 0 aliphatic heterocycles. The van der Waals surface area contributed by atoms with Gasteiger partial charge in [0.1, 0.15) is 31.1 Å². The third kappa shape index (κ3) is 8.98. The Bertz CT molecular complexity index is 1470. The molecule has 9 nitrogen and oxygen atoms in total. The van der Waals surface area contributed by atoms with Gasteiger partial charge in [0.15, 0.2) is 0 Å². The molecule has 0 saturated heterocycles. The molecular formula is C34H41N5O4. The first kappa shape index (κ1) is 34.2. The van der Waals surface area contributed by atoms with Crippen LogP contribution in [0.4, 0.5) is 17.1 Å². The molecule has 0 spiro atoms. The lowest BCUT2D eigenvalue weighted by molar-refractivity contribution is -0.173. The fourth-order valence-electron chi connectivity index (χ4n) is 4.40. The minimum Gasteiger partial charge on any atom is -0.490 e. The predicted molar refractivity (Wildman–Crippen MR) is 169 cm³/mol. The van der Waals surface area contributed by atoms with Crippen molar-refractivity contribution in [2.45, 2.75) is 48.5 Å². The van der Waals surface area contributed by atoms with Gasteiger partial charge in [-0.1, -0.05) is 41.5 Å². The Morgan fingerprint density at radius 2 is 1.28 bits per heavy atom. The molecule has 0 aromatic heterocycles. The zero-order valence-corrected chi connectivity index (χ0v) is 25.9. The van der Waals surface area contributed by atoms with Crippen LogP contribution in [0.2, 0.25) is 0 Å². The largest absolute Gasteiger partial charge is 0.490 e. The molecule has 0 radical (unpaired) electrons. The molecule has 0 fully saturated rings. The van der Waals surface area contributed by atoms with Crippen molar-refractivity contribution in [3.63, 3.8) is 0 Å². The van der Waals surface area contributed by atoms with Crippen LogP contribution >= 0.6 is 0 Å². The van der Waals surface area contributed by atoms with E-state index in [9.17, 15) is 9.59 Å². The number of nitrogens with zero attached hydrogens (tertiary/aromatic N) is 2. The predicted octanol–water partition coefficient (Wildman–Crippen LogP) is 6.55. The molecule has 226 valence electrons. The lowest BCUT2D eigenvalue weighted by Gasteiger charge is -2.48. The number of nitriles is 2. The Morgan fingerprint density at radius 1 is 0.744 bits per heavy atom. The molecule has 9 heteroatoms. The summed E-state index contributed by atoms with van der Waals surface area (Å²) in [4.78, 5) is 25.3. The number of hydrogen-bond donors (Lipinski definition) is 3. The summed E-state index contributed by atoms with van der Waals surface area (Å²) in [5.41, 5.74) is 12.9. The van der Waals surface area contributed by atoms with E-state index in [0.29, 0.717) is 39.5 Å². The summed E-state index contributed by atoms with van der Waals surface area (Å²) < 4.78 is 11.3. The summed E-state index contributed by atoms with van der Waals surface area (Å²) in [5, 5.41) is 19.8. The van der Waals surface area contributed by atoms with Crippen molar-refractivity contribution in [2.75, 3.05) is 30.0 Å². The van der Waals surface area contributed by atoms with Crippen molar-refractivity contribution in [1.82, 2.24) is 0 Å². The molecule has 0 saturated carbocycles. The van der Waals surface area contributed by atoms with E-state index >= 15 is 0 Å². The zero-order chi connectivity index (χ0) is 32.4. The van der Waals surface area contributed by atoms with Crippen molar-refractivity contribution in [3.8, 4) is 17.9 Å². The van der Waals surface area contributed by atoms with Crippen LogP contribution in [0.1, 0.15) is 70.0 Å². The number of benzene rings is 3. The number of rotatable bonds is 7. The number of carbonyl (C=O) groups excluding carboxylic acids is 2. The maximum Gasteiger partial charge on any atom is 0.312 e. The zero-order valence-electron chi connectivity index (χ0n) is 25.9. The number of nitrogens with one attached hydrogen (secondary N) is 1. The molecule has 3 aromatic carbocycles. The molecule has 0 aliphatic carbocycles. The molecule has 3 rings (SSSR count).